The fraction of sp³-hybridized carbons (Fsp3) is 0. The van der Waals surface area contributed by atoms with E-state index in [1.807, 2.05) is 0 Å². The van der Waals surface area contributed by atoms with E-state index >= 15 is 0 Å². The molecule has 0 N–H and O–H groups in total. The third kappa shape index (κ3) is 0.493. The summed E-state index contributed by atoms with van der Waals surface area (Å²) >= 11 is 0. The maximum Gasteiger partial charge on any atom is 0.567 e. The number of aromatic nitrogens is 2. The predicted octanol–water partition coefficient (Wildman–Crippen LogP) is -1.31. The molecule has 0 spiro atoms. The van der Waals surface area contributed by atoms with Gasteiger partial charge in [-0.3, -0.25) is 0 Å². The summed E-state index contributed by atoms with van der Waals surface area (Å²) in [5.74, 6) is -1.79. The van der Waals surface area contributed by atoms with Crippen LogP contribution in [-0.4, -0.2) is 10.0 Å². The van der Waals surface area contributed by atoms with E-state index in [0.29, 0.717) is 10.0 Å². The molecular weight excluding hydrogens is 148 g/mol. The van der Waals surface area contributed by atoms with Crippen LogP contribution in [0.25, 0.3) is 0 Å². The lowest BCUT2D eigenvalue weighted by Gasteiger charge is -2.00. The van der Waals surface area contributed by atoms with Crippen molar-refractivity contribution in [3.8, 4) is 0 Å². The third-order valence-electron chi connectivity index (χ3n) is 0.744. The lowest BCUT2D eigenvalue weighted by molar-refractivity contribution is -0.249. The van der Waals surface area contributed by atoms with Crippen LogP contribution in [0.15, 0.2) is 27.7 Å². The fourth-order valence-electron chi connectivity index (χ4n) is 0.402. The summed E-state index contributed by atoms with van der Waals surface area (Å²) in [6.45, 7) is 0. The van der Waals surface area contributed by atoms with Gasteiger partial charge in [-0.05, 0) is 0 Å². The van der Waals surface area contributed by atoms with Crippen LogP contribution in [0, 0.1) is 0 Å². The molecule has 54 valence electrons. The van der Waals surface area contributed by atoms with Crippen molar-refractivity contribution in [3.63, 3.8) is 0 Å². The van der Waals surface area contributed by atoms with Crippen molar-refractivity contribution in [1.82, 2.24) is 10.0 Å². The molecule has 10 heavy (non-hydrogen) atoms. The Kier molecular flexibility index (Phi) is 0.669. The summed E-state index contributed by atoms with van der Waals surface area (Å²) in [5.41, 5.74) is 0. The first-order valence-corrected chi connectivity index (χ1v) is 2.16. The molecule has 0 unspecified atom stereocenters. The molecule has 2 heterocycles. The van der Waals surface area contributed by atoms with E-state index in [2.05, 4.69) is 18.1 Å². The maximum atomic E-state index is 9.93. The van der Waals surface area contributed by atoms with E-state index in [1.54, 1.807) is 0 Å². The third-order valence-corrected chi connectivity index (χ3v) is 0.744. The van der Waals surface area contributed by atoms with Gasteiger partial charge >= 0.3 is 11.6 Å². The normalized spacial score (nSPS) is 10.8. The summed E-state index contributed by atoms with van der Waals surface area (Å²) in [6, 6.07) is 0. The van der Waals surface area contributed by atoms with Crippen molar-refractivity contribution < 1.29 is 18.1 Å². The van der Waals surface area contributed by atoms with Crippen molar-refractivity contribution in [1.29, 1.82) is 0 Å². The second-order valence-electron chi connectivity index (χ2n) is 1.34. The smallest absolute Gasteiger partial charge is 0.247 e. The van der Waals surface area contributed by atoms with Crippen LogP contribution in [-0.2, 0) is 0 Å². The second kappa shape index (κ2) is 1.35. The van der Waals surface area contributed by atoms with Gasteiger partial charge in [0, 0.05) is 0 Å². The Bertz CT molecular complexity index is 343. The second-order valence-corrected chi connectivity index (χ2v) is 1.34. The SMILES string of the molecule is O=c1on(-n2oc(=O)o2)o1. The Morgan fingerprint density at radius 3 is 1.30 bits per heavy atom. The number of rotatable bonds is 1. The molecule has 8 heteroatoms. The standard InChI is InChI=1S/C2N2O6/c5-1-7-3(8-1)4-9-2(6)10-4. The lowest BCUT2D eigenvalue weighted by atomic mass is 11.5. The van der Waals surface area contributed by atoms with Crippen molar-refractivity contribution >= 4 is 0 Å². The molecular formula is C2N2O6. The van der Waals surface area contributed by atoms with Gasteiger partial charge in [0.25, 0.3) is 0 Å². The Balaban J connectivity index is 2.38. The zero-order valence-electron chi connectivity index (χ0n) is 4.34. The molecule has 0 aliphatic rings. The monoisotopic (exact) mass is 148 g/mol. The van der Waals surface area contributed by atoms with Crippen LogP contribution >= 0.6 is 0 Å². The molecule has 2 rings (SSSR count). The summed E-state index contributed by atoms with van der Waals surface area (Å²) in [4.78, 5) is 19.9. The van der Waals surface area contributed by atoms with E-state index < -0.39 is 11.6 Å². The van der Waals surface area contributed by atoms with Crippen LogP contribution in [0.1, 0.15) is 0 Å². The van der Waals surface area contributed by atoms with E-state index in [4.69, 9.17) is 0 Å². The number of hydrogen-bond donors (Lipinski definition) is 0. The van der Waals surface area contributed by atoms with E-state index in [0.717, 1.165) is 0 Å². The highest BCUT2D eigenvalue weighted by Gasteiger charge is 2.12. The van der Waals surface area contributed by atoms with Gasteiger partial charge in [-0.2, -0.15) is 9.59 Å². The summed E-state index contributed by atoms with van der Waals surface area (Å²) in [7, 11) is 0. The first-order chi connectivity index (χ1) is 4.75. The molecule has 0 aliphatic carbocycles. The highest BCUT2D eigenvalue weighted by atomic mass is 17.0. The highest BCUT2D eigenvalue weighted by Crippen LogP contribution is 1.86. The minimum Gasteiger partial charge on any atom is -0.247 e. The Morgan fingerprint density at radius 2 is 1.10 bits per heavy atom. The molecule has 8 nitrogen and oxygen atoms in total. The first-order valence-electron chi connectivity index (χ1n) is 2.16. The molecule has 0 saturated carbocycles. The largest absolute Gasteiger partial charge is 0.567 e. The molecule has 0 radical (unpaired) electrons. The topological polar surface area (TPSA) is 96.6 Å². The number of nitrogens with zero attached hydrogens (tertiary/aromatic N) is 2. The summed E-state index contributed by atoms with van der Waals surface area (Å²) in [6.07, 6.45) is 0. The molecule has 0 atom stereocenters. The van der Waals surface area contributed by atoms with Crippen LogP contribution in [0.2, 0.25) is 0 Å². The quantitative estimate of drug-likeness (QED) is 0.498. The molecule has 2 aromatic heterocycles. The molecule has 0 fully saturated rings. The highest BCUT2D eigenvalue weighted by molar-refractivity contribution is 4.27. The van der Waals surface area contributed by atoms with Gasteiger partial charge in [0.15, 0.2) is 0 Å². The number of hydrogen-bond acceptors (Lipinski definition) is 6. The zero-order chi connectivity index (χ0) is 7.14. The Labute approximate surface area is 50.6 Å². The molecule has 0 saturated heterocycles. The van der Waals surface area contributed by atoms with Crippen LogP contribution in [0.5, 0.6) is 0 Å². The van der Waals surface area contributed by atoms with Crippen molar-refractivity contribution in [2.24, 2.45) is 0 Å². The fourth-order valence-corrected chi connectivity index (χ4v) is 0.402. The van der Waals surface area contributed by atoms with Crippen molar-refractivity contribution in [2.45, 2.75) is 0 Å². The molecule has 0 aliphatic heterocycles. The minimum atomic E-state index is -0.897. The van der Waals surface area contributed by atoms with Crippen molar-refractivity contribution in [2.75, 3.05) is 0 Å². The van der Waals surface area contributed by atoms with Crippen LogP contribution < -0.4 is 11.6 Å². The van der Waals surface area contributed by atoms with Crippen LogP contribution in [0.3, 0.4) is 0 Å². The van der Waals surface area contributed by atoms with Crippen molar-refractivity contribution in [3.05, 3.63) is 21.2 Å². The Hall–Kier alpha value is -1.86. The molecule has 0 amide bonds. The van der Waals surface area contributed by atoms with E-state index in [-0.39, 0.29) is 0 Å². The van der Waals surface area contributed by atoms with Gasteiger partial charge in [-0.15, -0.1) is 0 Å². The summed E-state index contributed by atoms with van der Waals surface area (Å²) < 4.78 is 16.3. The van der Waals surface area contributed by atoms with Crippen LogP contribution in [0.4, 0.5) is 0 Å². The predicted molar refractivity (Wildman–Crippen MR) is 21.3 cm³/mol. The lowest BCUT2D eigenvalue weighted by Crippen LogP contribution is -2.28. The van der Waals surface area contributed by atoms with Gasteiger partial charge in [0.05, 0.1) is 0 Å². The van der Waals surface area contributed by atoms with Gasteiger partial charge in [0.2, 0.25) is 0 Å². The van der Waals surface area contributed by atoms with E-state index in [9.17, 15) is 9.59 Å². The molecule has 0 bridgehead atoms. The summed E-state index contributed by atoms with van der Waals surface area (Å²) in [5, 5.41) is 0.924. The van der Waals surface area contributed by atoms with E-state index in [1.165, 1.54) is 0 Å². The molecule has 2 aromatic rings. The minimum absolute atomic E-state index is 0.462. The van der Waals surface area contributed by atoms with Gasteiger partial charge in [-0.25, -0.2) is 18.1 Å². The average Bonchev–Trinajstić information content (AvgIpc) is 1.74. The maximum absolute atomic E-state index is 9.93. The first kappa shape index (κ1) is 4.97. The van der Waals surface area contributed by atoms with Gasteiger partial charge < -0.3 is 0 Å². The molecule has 0 aromatic carbocycles. The zero-order valence-corrected chi connectivity index (χ0v) is 4.34. The van der Waals surface area contributed by atoms with Gasteiger partial charge in [-0.1, -0.05) is 0 Å². The Morgan fingerprint density at radius 1 is 0.800 bits per heavy atom. The van der Waals surface area contributed by atoms with Gasteiger partial charge in [0.1, 0.15) is 10.0 Å². The average molecular weight is 148 g/mol.